The summed E-state index contributed by atoms with van der Waals surface area (Å²) in [5, 5.41) is 3.92. The van der Waals surface area contributed by atoms with E-state index in [0.29, 0.717) is 25.3 Å². The van der Waals surface area contributed by atoms with Crippen molar-refractivity contribution in [2.24, 2.45) is 0 Å². The number of fused-ring (bicyclic) bond motifs is 1. The second-order valence-electron chi connectivity index (χ2n) is 6.59. The minimum Gasteiger partial charge on any atom is -0.467 e. The summed E-state index contributed by atoms with van der Waals surface area (Å²) in [4.78, 5) is 30.7. The topological polar surface area (TPSA) is 90.5 Å². The van der Waals surface area contributed by atoms with Crippen molar-refractivity contribution in [3.63, 3.8) is 0 Å². The second-order valence-corrected chi connectivity index (χ2v) is 6.59. The normalized spacial score (nSPS) is 16.8. The van der Waals surface area contributed by atoms with E-state index >= 15 is 0 Å². The van der Waals surface area contributed by atoms with Crippen molar-refractivity contribution in [3.8, 4) is 0 Å². The van der Waals surface area contributed by atoms with Gasteiger partial charge in [0.1, 0.15) is 11.9 Å². The van der Waals surface area contributed by atoms with Gasteiger partial charge < -0.3 is 18.7 Å². The highest BCUT2D eigenvalue weighted by Gasteiger charge is 2.36. The largest absolute Gasteiger partial charge is 0.467 e. The van der Waals surface area contributed by atoms with Crippen LogP contribution in [0.4, 0.5) is 0 Å². The van der Waals surface area contributed by atoms with Crippen LogP contribution in [-0.2, 0) is 16.1 Å². The fourth-order valence-electron chi connectivity index (χ4n) is 3.58. The molecule has 1 saturated heterocycles. The summed E-state index contributed by atoms with van der Waals surface area (Å²) in [5.41, 5.74) is 2.09. The van der Waals surface area contributed by atoms with Gasteiger partial charge in [-0.3, -0.25) is 4.79 Å². The van der Waals surface area contributed by atoms with Crippen LogP contribution in [0.2, 0.25) is 0 Å². The van der Waals surface area contributed by atoms with Gasteiger partial charge in [-0.1, -0.05) is 17.3 Å². The van der Waals surface area contributed by atoms with E-state index in [1.807, 2.05) is 35.8 Å². The van der Waals surface area contributed by atoms with Crippen LogP contribution >= 0.6 is 0 Å². The Morgan fingerprint density at radius 3 is 2.96 bits per heavy atom. The Morgan fingerprint density at radius 2 is 2.15 bits per heavy atom. The van der Waals surface area contributed by atoms with Crippen LogP contribution in [0.15, 0.2) is 34.9 Å². The zero-order valence-electron chi connectivity index (χ0n) is 15.2. The van der Waals surface area contributed by atoms with Gasteiger partial charge in [0, 0.05) is 12.6 Å². The lowest BCUT2D eigenvalue weighted by Crippen LogP contribution is -2.41. The van der Waals surface area contributed by atoms with Crippen molar-refractivity contribution in [2.45, 2.75) is 32.4 Å². The lowest BCUT2D eigenvalue weighted by molar-refractivity contribution is -0.145. The standard InChI is InChI=1S/C19H20N4O4/c1-12-20-14-6-3-4-7-16(14)23(12)11-13-10-15(21-27-13)18(24)22-9-5-8-17(22)19(25)26-2/h3-4,6-7,10,17H,5,8-9,11H2,1-2H3/t17-/m0/s1. The Labute approximate surface area is 155 Å². The van der Waals surface area contributed by atoms with E-state index in [0.717, 1.165) is 23.3 Å². The van der Waals surface area contributed by atoms with Crippen molar-refractivity contribution in [3.05, 3.63) is 47.6 Å². The Hall–Kier alpha value is -3.16. The summed E-state index contributed by atoms with van der Waals surface area (Å²) >= 11 is 0. The van der Waals surface area contributed by atoms with Crippen LogP contribution in [0.3, 0.4) is 0 Å². The average molecular weight is 368 g/mol. The molecule has 0 unspecified atom stereocenters. The summed E-state index contributed by atoms with van der Waals surface area (Å²) in [7, 11) is 1.33. The molecule has 1 aliphatic rings. The quantitative estimate of drug-likeness (QED) is 0.656. The molecule has 0 N–H and O–H groups in total. The van der Waals surface area contributed by atoms with Crippen LogP contribution < -0.4 is 0 Å². The number of para-hydroxylation sites is 2. The molecule has 0 radical (unpaired) electrons. The lowest BCUT2D eigenvalue weighted by atomic mass is 10.2. The third kappa shape index (κ3) is 3.07. The molecule has 1 aliphatic heterocycles. The van der Waals surface area contributed by atoms with Gasteiger partial charge in [-0.2, -0.15) is 0 Å². The van der Waals surface area contributed by atoms with Crippen LogP contribution in [0.25, 0.3) is 11.0 Å². The number of hydrogen-bond acceptors (Lipinski definition) is 6. The highest BCUT2D eigenvalue weighted by Crippen LogP contribution is 2.22. The summed E-state index contributed by atoms with van der Waals surface area (Å²) < 4.78 is 12.2. The molecule has 1 atom stereocenters. The number of imidazole rings is 1. The number of nitrogens with zero attached hydrogens (tertiary/aromatic N) is 4. The number of esters is 1. The zero-order valence-corrected chi connectivity index (χ0v) is 15.2. The molecule has 0 bridgehead atoms. The summed E-state index contributed by atoms with van der Waals surface area (Å²) in [6, 6.07) is 8.91. The molecule has 8 nitrogen and oxygen atoms in total. The molecule has 1 fully saturated rings. The van der Waals surface area contributed by atoms with Crippen LogP contribution in [0.5, 0.6) is 0 Å². The molecule has 140 valence electrons. The highest BCUT2D eigenvalue weighted by atomic mass is 16.5. The molecule has 3 heterocycles. The van der Waals surface area contributed by atoms with E-state index in [4.69, 9.17) is 9.26 Å². The second kappa shape index (κ2) is 6.86. The summed E-state index contributed by atoms with van der Waals surface area (Å²) in [6.45, 7) is 2.85. The number of rotatable bonds is 4. The number of carbonyl (C=O) groups is 2. The number of hydrogen-bond donors (Lipinski definition) is 0. The van der Waals surface area contributed by atoms with E-state index in [1.54, 1.807) is 6.07 Å². The maximum atomic E-state index is 12.7. The predicted octanol–water partition coefficient (Wildman–Crippen LogP) is 2.16. The van der Waals surface area contributed by atoms with Crippen LogP contribution in [-0.4, -0.2) is 51.2 Å². The van der Waals surface area contributed by atoms with Crippen LogP contribution in [0, 0.1) is 6.92 Å². The van der Waals surface area contributed by atoms with Crippen LogP contribution in [0.1, 0.15) is 34.9 Å². The van der Waals surface area contributed by atoms with Crippen molar-refractivity contribution in [2.75, 3.05) is 13.7 Å². The minimum absolute atomic E-state index is 0.197. The molecular formula is C19H20N4O4. The first kappa shape index (κ1) is 17.3. The first-order valence-electron chi connectivity index (χ1n) is 8.84. The first-order valence-corrected chi connectivity index (χ1v) is 8.84. The minimum atomic E-state index is -0.553. The highest BCUT2D eigenvalue weighted by molar-refractivity contribution is 5.95. The van der Waals surface area contributed by atoms with Crippen molar-refractivity contribution in [1.82, 2.24) is 19.6 Å². The molecule has 27 heavy (non-hydrogen) atoms. The molecule has 0 aliphatic carbocycles. The van der Waals surface area contributed by atoms with Crippen molar-refractivity contribution in [1.29, 1.82) is 0 Å². The van der Waals surface area contributed by atoms with E-state index < -0.39 is 12.0 Å². The average Bonchev–Trinajstić information content (AvgIpc) is 3.40. The number of carbonyl (C=O) groups excluding carboxylic acids is 2. The number of methoxy groups -OCH3 is 1. The van der Waals surface area contributed by atoms with E-state index in [1.165, 1.54) is 12.0 Å². The number of aryl methyl sites for hydroxylation is 1. The van der Waals surface area contributed by atoms with E-state index in [9.17, 15) is 9.59 Å². The van der Waals surface area contributed by atoms with Gasteiger partial charge in [0.2, 0.25) is 0 Å². The van der Waals surface area contributed by atoms with Gasteiger partial charge in [-0.25, -0.2) is 9.78 Å². The van der Waals surface area contributed by atoms with Gasteiger partial charge in [-0.15, -0.1) is 0 Å². The molecule has 2 aromatic heterocycles. The maximum absolute atomic E-state index is 12.7. The van der Waals surface area contributed by atoms with Gasteiger partial charge in [0.25, 0.3) is 5.91 Å². The number of ether oxygens (including phenoxy) is 1. The first-order chi connectivity index (χ1) is 13.1. The molecule has 0 saturated carbocycles. The van der Waals surface area contributed by atoms with Gasteiger partial charge in [0.15, 0.2) is 11.5 Å². The Balaban J connectivity index is 1.56. The van der Waals surface area contributed by atoms with E-state index in [2.05, 4.69) is 10.1 Å². The fourth-order valence-corrected chi connectivity index (χ4v) is 3.58. The Bertz CT molecular complexity index is 1010. The SMILES string of the molecule is COC(=O)[C@@H]1CCCN1C(=O)c1cc(Cn2c(C)nc3ccccc32)on1. The molecule has 3 aromatic rings. The van der Waals surface area contributed by atoms with Crippen molar-refractivity contribution < 1.29 is 18.8 Å². The smallest absolute Gasteiger partial charge is 0.328 e. The van der Waals surface area contributed by atoms with Gasteiger partial charge in [-0.05, 0) is 31.9 Å². The third-order valence-electron chi connectivity index (χ3n) is 4.92. The predicted molar refractivity (Wildman–Crippen MR) is 96.1 cm³/mol. The summed E-state index contributed by atoms with van der Waals surface area (Å²) in [5.74, 6) is 0.694. The molecular weight excluding hydrogens is 348 g/mol. The maximum Gasteiger partial charge on any atom is 0.328 e. The number of benzene rings is 1. The number of likely N-dealkylation sites (tertiary alicyclic amines) is 1. The molecule has 4 rings (SSSR count). The molecule has 8 heteroatoms. The number of aromatic nitrogens is 3. The summed E-state index contributed by atoms with van der Waals surface area (Å²) in [6.07, 6.45) is 1.36. The Kier molecular flexibility index (Phi) is 4.39. The fraction of sp³-hybridized carbons (Fsp3) is 0.368. The van der Waals surface area contributed by atoms with E-state index in [-0.39, 0.29) is 11.6 Å². The zero-order chi connectivity index (χ0) is 19.0. The molecule has 0 spiro atoms. The van der Waals surface area contributed by atoms with Crippen molar-refractivity contribution >= 4 is 22.9 Å². The molecule has 1 aromatic carbocycles. The van der Waals surface area contributed by atoms with Gasteiger partial charge >= 0.3 is 5.97 Å². The monoisotopic (exact) mass is 368 g/mol. The Morgan fingerprint density at radius 1 is 1.33 bits per heavy atom. The van der Waals surface area contributed by atoms with Gasteiger partial charge in [0.05, 0.1) is 24.7 Å². The third-order valence-corrected chi connectivity index (χ3v) is 4.92. The molecule has 1 amide bonds. The number of amides is 1. The lowest BCUT2D eigenvalue weighted by Gasteiger charge is -2.21.